The van der Waals surface area contributed by atoms with Gasteiger partial charge in [-0.15, -0.1) is 11.3 Å². The Bertz CT molecular complexity index is 523. The highest BCUT2D eigenvalue weighted by Gasteiger charge is 2.06. The van der Waals surface area contributed by atoms with Crippen molar-refractivity contribution in [3.05, 3.63) is 28.2 Å². The van der Waals surface area contributed by atoms with Gasteiger partial charge in [-0.25, -0.2) is 0 Å². The monoisotopic (exact) mass is 252 g/mol. The second kappa shape index (κ2) is 5.08. The maximum Gasteiger partial charge on any atom is 0.163 e. The molecular weight excluding hydrogens is 236 g/mol. The van der Waals surface area contributed by atoms with Crippen molar-refractivity contribution >= 4 is 33.8 Å². The summed E-state index contributed by atoms with van der Waals surface area (Å²) in [5.41, 5.74) is 1.25. The molecule has 16 heavy (non-hydrogen) atoms. The number of hydrogen-bond donors (Lipinski definition) is 0. The first-order valence-electron chi connectivity index (χ1n) is 5.57. The average Bonchev–Trinajstić information content (AvgIpc) is 2.62. The number of aromatic nitrogens is 1. The van der Waals surface area contributed by atoms with E-state index >= 15 is 0 Å². The van der Waals surface area contributed by atoms with Gasteiger partial charge in [0.25, 0.3) is 0 Å². The highest BCUT2D eigenvalue weighted by molar-refractivity contribution is 7.73. The molecule has 2 nitrogen and oxygen atoms in total. The maximum absolute atomic E-state index is 5.42. The van der Waals surface area contributed by atoms with Crippen molar-refractivity contribution in [3.8, 4) is 0 Å². The van der Waals surface area contributed by atoms with Crippen molar-refractivity contribution in [2.75, 3.05) is 13.1 Å². The lowest BCUT2D eigenvalue weighted by molar-refractivity contribution is 0.245. The van der Waals surface area contributed by atoms with E-state index in [-0.39, 0.29) is 0 Å². The van der Waals surface area contributed by atoms with Crippen molar-refractivity contribution in [2.24, 2.45) is 0 Å². The van der Waals surface area contributed by atoms with Gasteiger partial charge in [0, 0.05) is 0 Å². The van der Waals surface area contributed by atoms with E-state index < -0.39 is 0 Å². The van der Waals surface area contributed by atoms with Crippen LogP contribution in [0.2, 0.25) is 0 Å². The molecule has 2 rings (SSSR count). The first-order chi connectivity index (χ1) is 7.76. The van der Waals surface area contributed by atoms with Gasteiger partial charge in [0.05, 0.1) is 16.9 Å². The molecular formula is C12H16N2S2. The number of thiazole rings is 1. The quantitative estimate of drug-likeness (QED) is 0.766. The number of nitrogens with zero attached hydrogens (tertiary/aromatic N) is 2. The lowest BCUT2D eigenvalue weighted by Gasteiger charge is -2.19. The Morgan fingerprint density at radius 3 is 2.62 bits per heavy atom. The lowest BCUT2D eigenvalue weighted by atomic mass is 10.3. The van der Waals surface area contributed by atoms with E-state index in [0.29, 0.717) is 0 Å². The van der Waals surface area contributed by atoms with Crippen molar-refractivity contribution in [3.63, 3.8) is 0 Å². The van der Waals surface area contributed by atoms with Crippen molar-refractivity contribution in [1.82, 2.24) is 9.47 Å². The first kappa shape index (κ1) is 11.8. The van der Waals surface area contributed by atoms with Crippen LogP contribution in [0.15, 0.2) is 24.3 Å². The molecule has 0 N–H and O–H groups in total. The summed E-state index contributed by atoms with van der Waals surface area (Å²) in [6.45, 7) is 7.38. The van der Waals surface area contributed by atoms with E-state index in [0.717, 1.165) is 23.7 Å². The molecule has 0 saturated heterocycles. The number of benzene rings is 1. The smallest absolute Gasteiger partial charge is 0.163 e. The van der Waals surface area contributed by atoms with Gasteiger partial charge in [-0.3, -0.25) is 4.90 Å². The van der Waals surface area contributed by atoms with Gasteiger partial charge < -0.3 is 4.57 Å². The van der Waals surface area contributed by atoms with Gasteiger partial charge in [0.2, 0.25) is 0 Å². The van der Waals surface area contributed by atoms with Gasteiger partial charge >= 0.3 is 0 Å². The number of rotatable bonds is 4. The highest BCUT2D eigenvalue weighted by atomic mass is 32.1. The zero-order valence-corrected chi connectivity index (χ0v) is 11.3. The van der Waals surface area contributed by atoms with E-state index in [1.54, 1.807) is 11.3 Å². The van der Waals surface area contributed by atoms with Gasteiger partial charge in [-0.1, -0.05) is 26.0 Å². The van der Waals surface area contributed by atoms with Gasteiger partial charge in [0.1, 0.15) is 0 Å². The normalized spacial score (nSPS) is 11.4. The summed E-state index contributed by atoms with van der Waals surface area (Å²) in [6, 6.07) is 8.41. The third-order valence-corrected chi connectivity index (χ3v) is 4.24. The van der Waals surface area contributed by atoms with E-state index in [4.69, 9.17) is 12.2 Å². The molecule has 0 atom stereocenters. The van der Waals surface area contributed by atoms with Crippen molar-refractivity contribution in [1.29, 1.82) is 0 Å². The Kier molecular flexibility index (Phi) is 3.74. The molecule has 0 spiro atoms. The predicted octanol–water partition coefficient (Wildman–Crippen LogP) is 3.73. The maximum atomic E-state index is 5.42. The highest BCUT2D eigenvalue weighted by Crippen LogP contribution is 2.22. The average molecular weight is 252 g/mol. The number of hydrogen-bond acceptors (Lipinski definition) is 3. The molecule has 0 radical (unpaired) electrons. The zero-order valence-electron chi connectivity index (χ0n) is 9.64. The fourth-order valence-electron chi connectivity index (χ4n) is 1.77. The van der Waals surface area contributed by atoms with E-state index in [2.05, 4.69) is 47.6 Å². The molecule has 0 saturated carbocycles. The van der Waals surface area contributed by atoms with Crippen LogP contribution in [0.3, 0.4) is 0 Å². The molecule has 1 aromatic heterocycles. The van der Waals surface area contributed by atoms with Crippen LogP contribution in [0, 0.1) is 3.95 Å². The molecule has 0 aliphatic rings. The molecule has 86 valence electrons. The molecule has 1 aromatic carbocycles. The molecule has 1 heterocycles. The minimum atomic E-state index is 0.899. The molecule has 0 unspecified atom stereocenters. The minimum Gasteiger partial charge on any atom is -0.309 e. The van der Waals surface area contributed by atoms with E-state index in [1.165, 1.54) is 10.2 Å². The summed E-state index contributed by atoms with van der Waals surface area (Å²) in [6.07, 6.45) is 0. The number of fused-ring (bicyclic) bond motifs is 1. The Morgan fingerprint density at radius 1 is 1.25 bits per heavy atom. The predicted molar refractivity (Wildman–Crippen MR) is 73.6 cm³/mol. The van der Waals surface area contributed by atoms with Gasteiger partial charge in [-0.05, 0) is 37.4 Å². The van der Waals surface area contributed by atoms with Crippen LogP contribution in [0.1, 0.15) is 13.8 Å². The lowest BCUT2D eigenvalue weighted by Crippen LogP contribution is -2.25. The Hall–Kier alpha value is -0.710. The molecule has 4 heteroatoms. The summed E-state index contributed by atoms with van der Waals surface area (Å²) in [4.78, 5) is 2.37. The van der Waals surface area contributed by atoms with Crippen LogP contribution in [-0.2, 0) is 6.67 Å². The fourth-order valence-corrected chi connectivity index (χ4v) is 3.08. The molecule has 0 aliphatic carbocycles. The van der Waals surface area contributed by atoms with Crippen LogP contribution in [0.5, 0.6) is 0 Å². The Labute approximate surface area is 105 Å². The summed E-state index contributed by atoms with van der Waals surface area (Å²) in [5.74, 6) is 0. The molecule has 2 aromatic rings. The zero-order chi connectivity index (χ0) is 11.5. The van der Waals surface area contributed by atoms with Crippen LogP contribution >= 0.6 is 23.6 Å². The topological polar surface area (TPSA) is 8.17 Å². The van der Waals surface area contributed by atoms with Crippen LogP contribution in [0.25, 0.3) is 10.2 Å². The van der Waals surface area contributed by atoms with Crippen LogP contribution in [0.4, 0.5) is 0 Å². The van der Waals surface area contributed by atoms with Crippen molar-refractivity contribution in [2.45, 2.75) is 20.5 Å². The summed E-state index contributed by atoms with van der Waals surface area (Å²) in [5, 5.41) is 0. The van der Waals surface area contributed by atoms with Crippen LogP contribution in [-0.4, -0.2) is 22.6 Å². The Balaban J connectivity index is 2.43. The van der Waals surface area contributed by atoms with Gasteiger partial charge in [-0.2, -0.15) is 0 Å². The SMILES string of the molecule is CCN(CC)Cn1c(=S)sc2ccccc21. The van der Waals surface area contributed by atoms with E-state index in [9.17, 15) is 0 Å². The summed E-state index contributed by atoms with van der Waals surface area (Å²) in [7, 11) is 0. The minimum absolute atomic E-state index is 0.899. The standard InChI is InChI=1S/C12H16N2S2/c1-3-13(4-2)9-14-10-7-5-6-8-11(10)16-12(14)15/h5-8H,3-4,9H2,1-2H3. The largest absolute Gasteiger partial charge is 0.309 e. The molecule has 0 amide bonds. The van der Waals surface area contributed by atoms with Crippen molar-refractivity contribution < 1.29 is 0 Å². The third kappa shape index (κ3) is 2.19. The van der Waals surface area contributed by atoms with E-state index in [1.807, 2.05) is 0 Å². The first-order valence-corrected chi connectivity index (χ1v) is 6.79. The second-order valence-corrected chi connectivity index (χ2v) is 5.38. The molecule has 0 fully saturated rings. The molecule has 0 aliphatic heterocycles. The third-order valence-electron chi connectivity index (χ3n) is 2.81. The summed E-state index contributed by atoms with van der Waals surface area (Å²) >= 11 is 7.11. The molecule has 0 bridgehead atoms. The van der Waals surface area contributed by atoms with Gasteiger partial charge in [0.15, 0.2) is 3.95 Å². The second-order valence-electron chi connectivity index (χ2n) is 3.71. The summed E-state index contributed by atoms with van der Waals surface area (Å²) < 4.78 is 4.47. The Morgan fingerprint density at radius 2 is 1.94 bits per heavy atom. The number of para-hydroxylation sites is 1. The fraction of sp³-hybridized carbons (Fsp3) is 0.417. The van der Waals surface area contributed by atoms with Crippen LogP contribution < -0.4 is 0 Å².